The monoisotopic (exact) mass is 314 g/mol. The molecule has 0 aliphatic rings. The molecule has 1 aromatic rings. The highest BCUT2D eigenvalue weighted by atomic mass is 35.5. The van der Waals surface area contributed by atoms with Crippen LogP contribution in [0.1, 0.15) is 23.7 Å². The molecule has 0 aliphatic heterocycles. The topological polar surface area (TPSA) is 105 Å². The fraction of sp³-hybridized carbons (Fsp3) is 0.417. The van der Waals surface area contributed by atoms with Crippen LogP contribution >= 0.6 is 11.6 Å². The molecule has 1 aromatic heterocycles. The highest BCUT2D eigenvalue weighted by Crippen LogP contribution is 2.20. The Morgan fingerprint density at radius 2 is 2.19 bits per heavy atom. The standard InChI is InChI=1S/C12H15ClN4O4/c1-3-4-14-10(18)7-16(2)12(19)9-5-8(17(20)21)6-15-11(9)13/h5-6H,3-4,7H2,1-2H3,(H,14,18). The number of nitrogens with zero attached hydrogens (tertiary/aromatic N) is 3. The van der Waals surface area contributed by atoms with Crippen molar-refractivity contribution in [2.24, 2.45) is 0 Å². The Bertz CT molecular complexity index is 564. The van der Waals surface area contributed by atoms with Gasteiger partial charge >= 0.3 is 0 Å². The molecule has 1 rings (SSSR count). The first-order chi connectivity index (χ1) is 9.86. The SMILES string of the molecule is CCCNC(=O)CN(C)C(=O)c1cc([N+](=O)[O-])cnc1Cl. The number of pyridine rings is 1. The second kappa shape index (κ2) is 7.53. The van der Waals surface area contributed by atoms with Gasteiger partial charge in [-0.15, -0.1) is 0 Å². The number of hydrogen-bond acceptors (Lipinski definition) is 5. The Morgan fingerprint density at radius 3 is 2.76 bits per heavy atom. The normalized spacial score (nSPS) is 10.0. The molecule has 1 heterocycles. The molecule has 0 unspecified atom stereocenters. The molecule has 0 fully saturated rings. The van der Waals surface area contributed by atoms with E-state index in [0.717, 1.165) is 23.6 Å². The summed E-state index contributed by atoms with van der Waals surface area (Å²) in [7, 11) is 1.41. The van der Waals surface area contributed by atoms with E-state index >= 15 is 0 Å². The van der Waals surface area contributed by atoms with E-state index in [-0.39, 0.29) is 28.9 Å². The van der Waals surface area contributed by atoms with Crippen molar-refractivity contribution in [3.8, 4) is 0 Å². The van der Waals surface area contributed by atoms with Crippen molar-refractivity contribution in [2.75, 3.05) is 20.1 Å². The van der Waals surface area contributed by atoms with Gasteiger partial charge < -0.3 is 10.2 Å². The zero-order valence-electron chi connectivity index (χ0n) is 11.6. The number of carbonyl (C=O) groups excluding carboxylic acids is 2. The van der Waals surface area contributed by atoms with E-state index in [0.29, 0.717) is 6.54 Å². The van der Waals surface area contributed by atoms with E-state index in [1.807, 2.05) is 6.92 Å². The molecule has 0 saturated heterocycles. The molecule has 0 saturated carbocycles. The van der Waals surface area contributed by atoms with E-state index in [4.69, 9.17) is 11.6 Å². The lowest BCUT2D eigenvalue weighted by molar-refractivity contribution is -0.385. The number of nitro groups is 1. The third-order valence-corrected chi connectivity index (χ3v) is 2.87. The molecular formula is C12H15ClN4O4. The minimum absolute atomic E-state index is 0.114. The van der Waals surface area contributed by atoms with Gasteiger partial charge in [0, 0.05) is 19.7 Å². The zero-order valence-corrected chi connectivity index (χ0v) is 12.4. The molecule has 0 radical (unpaired) electrons. The lowest BCUT2D eigenvalue weighted by atomic mass is 10.2. The van der Waals surface area contributed by atoms with E-state index < -0.39 is 10.8 Å². The summed E-state index contributed by atoms with van der Waals surface area (Å²) in [4.78, 5) is 38.4. The van der Waals surface area contributed by atoms with Crippen LogP contribution < -0.4 is 5.32 Å². The summed E-state index contributed by atoms with van der Waals surface area (Å²) in [6, 6.07) is 1.04. The minimum atomic E-state index is -0.673. The van der Waals surface area contributed by atoms with Gasteiger partial charge in [-0.2, -0.15) is 0 Å². The van der Waals surface area contributed by atoms with Crippen molar-refractivity contribution >= 4 is 29.1 Å². The fourth-order valence-corrected chi connectivity index (χ4v) is 1.68. The van der Waals surface area contributed by atoms with E-state index in [1.54, 1.807) is 0 Å². The average molecular weight is 315 g/mol. The molecule has 0 aliphatic carbocycles. The summed E-state index contributed by atoms with van der Waals surface area (Å²) < 4.78 is 0. The lowest BCUT2D eigenvalue weighted by Gasteiger charge is -2.17. The second-order valence-corrected chi connectivity index (χ2v) is 4.66. The molecule has 114 valence electrons. The minimum Gasteiger partial charge on any atom is -0.355 e. The molecule has 9 heteroatoms. The Labute approximate surface area is 126 Å². The number of nitrogens with one attached hydrogen (secondary N) is 1. The predicted molar refractivity (Wildman–Crippen MR) is 76.2 cm³/mol. The number of aromatic nitrogens is 1. The van der Waals surface area contributed by atoms with Gasteiger partial charge in [0.05, 0.1) is 17.0 Å². The third kappa shape index (κ3) is 4.67. The van der Waals surface area contributed by atoms with Crippen molar-refractivity contribution in [3.63, 3.8) is 0 Å². The average Bonchev–Trinajstić information content (AvgIpc) is 2.44. The maximum atomic E-state index is 12.1. The van der Waals surface area contributed by atoms with Crippen molar-refractivity contribution in [1.82, 2.24) is 15.2 Å². The third-order valence-electron chi connectivity index (χ3n) is 2.57. The summed E-state index contributed by atoms with van der Waals surface area (Å²) in [5.41, 5.74) is -0.455. The van der Waals surface area contributed by atoms with Crippen LogP contribution in [-0.2, 0) is 4.79 Å². The molecule has 8 nitrogen and oxygen atoms in total. The number of halogens is 1. The maximum Gasteiger partial charge on any atom is 0.288 e. The van der Waals surface area contributed by atoms with Crippen molar-refractivity contribution < 1.29 is 14.5 Å². The predicted octanol–water partition coefficient (Wildman–Crippen LogP) is 1.24. The van der Waals surface area contributed by atoms with Crippen LogP contribution in [0.3, 0.4) is 0 Å². The number of amides is 2. The van der Waals surface area contributed by atoms with Crippen molar-refractivity contribution in [3.05, 3.63) is 33.1 Å². The zero-order chi connectivity index (χ0) is 16.0. The summed E-state index contributed by atoms with van der Waals surface area (Å²) in [6.07, 6.45) is 1.75. The van der Waals surface area contributed by atoms with Crippen LogP contribution in [-0.4, -0.2) is 46.8 Å². The van der Waals surface area contributed by atoms with Crippen LogP contribution in [0, 0.1) is 10.1 Å². The molecule has 0 bridgehead atoms. The number of likely N-dealkylation sites (N-methyl/N-ethyl adjacent to an activating group) is 1. The van der Waals surface area contributed by atoms with Gasteiger partial charge in [-0.05, 0) is 6.42 Å². The second-order valence-electron chi connectivity index (χ2n) is 4.30. The smallest absolute Gasteiger partial charge is 0.288 e. The molecule has 0 spiro atoms. The van der Waals surface area contributed by atoms with Gasteiger partial charge in [-0.3, -0.25) is 19.7 Å². The largest absolute Gasteiger partial charge is 0.355 e. The Kier molecular flexibility index (Phi) is 6.04. The summed E-state index contributed by atoms with van der Waals surface area (Å²) >= 11 is 5.78. The van der Waals surface area contributed by atoms with Gasteiger partial charge in [0.1, 0.15) is 11.3 Å². The van der Waals surface area contributed by atoms with E-state index in [1.165, 1.54) is 7.05 Å². The van der Waals surface area contributed by atoms with Crippen LogP contribution in [0.25, 0.3) is 0 Å². The van der Waals surface area contributed by atoms with Crippen LogP contribution in [0.2, 0.25) is 5.15 Å². The van der Waals surface area contributed by atoms with Gasteiger partial charge in [0.2, 0.25) is 5.91 Å². The van der Waals surface area contributed by atoms with Gasteiger partial charge in [-0.1, -0.05) is 18.5 Å². The highest BCUT2D eigenvalue weighted by Gasteiger charge is 2.21. The molecule has 0 atom stereocenters. The molecule has 0 aromatic carbocycles. The Balaban J connectivity index is 2.85. The number of rotatable bonds is 6. The van der Waals surface area contributed by atoms with Crippen LogP contribution in [0.4, 0.5) is 5.69 Å². The first kappa shape index (κ1) is 16.8. The Morgan fingerprint density at radius 1 is 1.52 bits per heavy atom. The number of hydrogen-bond donors (Lipinski definition) is 1. The molecule has 21 heavy (non-hydrogen) atoms. The van der Waals surface area contributed by atoms with Gasteiger partial charge in [-0.25, -0.2) is 4.98 Å². The molecule has 2 amide bonds. The molecular weight excluding hydrogens is 300 g/mol. The first-order valence-corrected chi connectivity index (χ1v) is 6.56. The van der Waals surface area contributed by atoms with Crippen LogP contribution in [0.15, 0.2) is 12.3 Å². The Hall–Kier alpha value is -2.22. The van der Waals surface area contributed by atoms with Crippen molar-refractivity contribution in [2.45, 2.75) is 13.3 Å². The van der Waals surface area contributed by atoms with E-state index in [9.17, 15) is 19.7 Å². The maximum absolute atomic E-state index is 12.1. The van der Waals surface area contributed by atoms with Crippen LogP contribution in [0.5, 0.6) is 0 Å². The first-order valence-electron chi connectivity index (χ1n) is 6.19. The quantitative estimate of drug-likeness (QED) is 0.483. The lowest BCUT2D eigenvalue weighted by Crippen LogP contribution is -2.38. The number of carbonyl (C=O) groups is 2. The van der Waals surface area contributed by atoms with Gasteiger partial charge in [0.25, 0.3) is 11.6 Å². The summed E-state index contributed by atoms with van der Waals surface area (Å²) in [5.74, 6) is -0.926. The molecule has 1 N–H and O–H groups in total. The summed E-state index contributed by atoms with van der Waals surface area (Å²) in [5, 5.41) is 13.2. The fourth-order valence-electron chi connectivity index (χ4n) is 1.50. The summed E-state index contributed by atoms with van der Waals surface area (Å²) in [6.45, 7) is 2.25. The highest BCUT2D eigenvalue weighted by molar-refractivity contribution is 6.32. The van der Waals surface area contributed by atoms with Crippen molar-refractivity contribution in [1.29, 1.82) is 0 Å². The van der Waals surface area contributed by atoms with Gasteiger partial charge in [0.15, 0.2) is 0 Å². The van der Waals surface area contributed by atoms with E-state index in [2.05, 4.69) is 10.3 Å².